The molecule has 31 heavy (non-hydrogen) atoms. The number of hydrogen-bond acceptors (Lipinski definition) is 5. The molecule has 1 atom stereocenters. The van der Waals surface area contributed by atoms with E-state index >= 15 is 0 Å². The number of benzene rings is 2. The van der Waals surface area contributed by atoms with Crippen molar-refractivity contribution in [2.24, 2.45) is 0 Å². The Morgan fingerprint density at radius 1 is 1.10 bits per heavy atom. The molecule has 1 aromatic heterocycles. The highest BCUT2D eigenvalue weighted by Crippen LogP contribution is 2.35. The number of methoxy groups -OCH3 is 1. The van der Waals surface area contributed by atoms with Crippen LogP contribution in [0.5, 0.6) is 0 Å². The van der Waals surface area contributed by atoms with Crippen LogP contribution in [-0.4, -0.2) is 39.7 Å². The molecule has 4 rings (SSSR count). The number of imide groups is 1. The number of aromatic nitrogens is 1. The molecule has 1 saturated heterocycles. The number of esters is 1. The van der Waals surface area contributed by atoms with Crippen LogP contribution in [0, 0.1) is 13.8 Å². The molecule has 1 aliphatic heterocycles. The van der Waals surface area contributed by atoms with Crippen molar-refractivity contribution in [3.8, 4) is 5.69 Å². The largest absolute Gasteiger partial charge is 0.467 e. The molecular formula is C24H22N2O4S. The van der Waals surface area contributed by atoms with E-state index in [4.69, 9.17) is 0 Å². The maximum Gasteiger partial charge on any atom is 0.328 e. The van der Waals surface area contributed by atoms with Gasteiger partial charge in [-0.3, -0.25) is 14.5 Å². The quantitative estimate of drug-likeness (QED) is 0.434. The van der Waals surface area contributed by atoms with Gasteiger partial charge in [0.25, 0.3) is 11.1 Å². The second kappa shape index (κ2) is 8.07. The first-order valence-corrected chi connectivity index (χ1v) is 10.7. The zero-order valence-corrected chi connectivity index (χ0v) is 18.5. The molecule has 0 bridgehead atoms. The highest BCUT2D eigenvalue weighted by atomic mass is 32.2. The number of carbonyl (C=O) groups excluding carboxylic acids is 3. The Hall–Kier alpha value is -3.32. The number of hydrogen-bond donors (Lipinski definition) is 0. The molecule has 0 N–H and O–H groups in total. The minimum Gasteiger partial charge on any atom is -0.467 e. The molecule has 0 unspecified atom stereocenters. The van der Waals surface area contributed by atoms with Gasteiger partial charge in [0.15, 0.2) is 0 Å². The molecule has 7 heteroatoms. The van der Waals surface area contributed by atoms with Crippen molar-refractivity contribution in [3.05, 3.63) is 70.4 Å². The lowest BCUT2D eigenvalue weighted by molar-refractivity contribution is -0.148. The number of carbonyl (C=O) groups is 3. The third-order valence-corrected chi connectivity index (χ3v) is 6.40. The van der Waals surface area contributed by atoms with Crippen LogP contribution in [0.4, 0.5) is 4.79 Å². The Kier molecular flexibility index (Phi) is 5.45. The van der Waals surface area contributed by atoms with Crippen molar-refractivity contribution in [3.63, 3.8) is 0 Å². The molecule has 2 aromatic carbocycles. The van der Waals surface area contributed by atoms with Crippen LogP contribution in [0.15, 0.2) is 53.4 Å². The first-order chi connectivity index (χ1) is 14.8. The monoisotopic (exact) mass is 434 g/mol. The van der Waals surface area contributed by atoms with E-state index in [0.717, 1.165) is 50.1 Å². The Labute approximate surface area is 184 Å². The molecule has 3 aromatic rings. The number of nitrogens with zero attached hydrogens (tertiary/aromatic N) is 2. The van der Waals surface area contributed by atoms with E-state index < -0.39 is 23.2 Å². The van der Waals surface area contributed by atoms with Gasteiger partial charge in [0, 0.05) is 16.8 Å². The highest BCUT2D eigenvalue weighted by Gasteiger charge is 2.41. The van der Waals surface area contributed by atoms with Crippen molar-refractivity contribution in [2.75, 3.05) is 7.11 Å². The van der Waals surface area contributed by atoms with Crippen LogP contribution in [0.3, 0.4) is 0 Å². The lowest BCUT2D eigenvalue weighted by atomic mass is 10.1. The topological polar surface area (TPSA) is 68.6 Å². The van der Waals surface area contributed by atoms with Crippen LogP contribution in [-0.2, 0) is 14.3 Å². The number of fused-ring (bicyclic) bond motifs is 1. The summed E-state index contributed by atoms with van der Waals surface area (Å²) in [6.45, 7) is 5.48. The lowest BCUT2D eigenvalue weighted by Crippen LogP contribution is -2.42. The first-order valence-electron chi connectivity index (χ1n) is 9.85. The number of rotatable bonds is 4. The van der Waals surface area contributed by atoms with Gasteiger partial charge >= 0.3 is 5.97 Å². The standard InChI is InChI=1S/C24H22N2O4S/c1-14-12-18(13-21-22(27)26(24(29)31-21)16(3)23(28)30-4)15(2)25(14)20-11-7-9-17-8-5-6-10-19(17)20/h5-13,16H,1-4H3/b21-13+/t16-/m0/s1. The molecule has 158 valence electrons. The average molecular weight is 435 g/mol. The summed E-state index contributed by atoms with van der Waals surface area (Å²) in [5, 5.41) is 1.80. The summed E-state index contributed by atoms with van der Waals surface area (Å²) >= 11 is 0.837. The summed E-state index contributed by atoms with van der Waals surface area (Å²) < 4.78 is 6.83. The molecule has 2 amide bonds. The molecule has 6 nitrogen and oxygen atoms in total. The second-order valence-electron chi connectivity index (χ2n) is 7.41. The Bertz CT molecular complexity index is 1250. The third kappa shape index (κ3) is 3.55. The summed E-state index contributed by atoms with van der Waals surface area (Å²) in [6, 6.07) is 15.4. The summed E-state index contributed by atoms with van der Waals surface area (Å²) in [4.78, 5) is 38.3. The molecule has 1 aliphatic rings. The van der Waals surface area contributed by atoms with Gasteiger partial charge in [0.05, 0.1) is 17.7 Å². The number of aryl methyl sites for hydroxylation is 1. The van der Waals surface area contributed by atoms with Crippen molar-refractivity contribution in [1.82, 2.24) is 9.47 Å². The van der Waals surface area contributed by atoms with Gasteiger partial charge in [-0.25, -0.2) is 4.79 Å². The van der Waals surface area contributed by atoms with Crippen LogP contribution in [0.25, 0.3) is 22.5 Å². The van der Waals surface area contributed by atoms with E-state index in [1.807, 2.05) is 38.1 Å². The van der Waals surface area contributed by atoms with Gasteiger partial charge in [-0.1, -0.05) is 36.4 Å². The fourth-order valence-electron chi connectivity index (χ4n) is 3.94. The number of ether oxygens (including phenoxy) is 1. The van der Waals surface area contributed by atoms with Crippen LogP contribution < -0.4 is 0 Å². The summed E-state index contributed by atoms with van der Waals surface area (Å²) in [6.07, 6.45) is 1.72. The Morgan fingerprint density at radius 2 is 1.81 bits per heavy atom. The fraction of sp³-hybridized carbons (Fsp3) is 0.208. The zero-order chi connectivity index (χ0) is 22.3. The van der Waals surface area contributed by atoms with Gasteiger partial charge in [-0.05, 0) is 61.7 Å². The predicted molar refractivity (Wildman–Crippen MR) is 122 cm³/mol. The number of amides is 2. The van der Waals surface area contributed by atoms with Crippen LogP contribution in [0.1, 0.15) is 23.9 Å². The molecular weight excluding hydrogens is 412 g/mol. The normalized spacial score (nSPS) is 16.4. The van der Waals surface area contributed by atoms with Gasteiger partial charge in [0.1, 0.15) is 6.04 Å². The Morgan fingerprint density at radius 3 is 2.55 bits per heavy atom. The maximum atomic E-state index is 12.8. The van der Waals surface area contributed by atoms with E-state index in [1.165, 1.54) is 14.0 Å². The molecule has 1 fully saturated rings. The van der Waals surface area contributed by atoms with E-state index in [9.17, 15) is 14.4 Å². The van der Waals surface area contributed by atoms with Crippen molar-refractivity contribution >= 4 is 45.7 Å². The van der Waals surface area contributed by atoms with E-state index in [-0.39, 0.29) is 0 Å². The van der Waals surface area contributed by atoms with Gasteiger partial charge < -0.3 is 9.30 Å². The molecule has 0 saturated carbocycles. The first kappa shape index (κ1) is 20.9. The van der Waals surface area contributed by atoms with Gasteiger partial charge in [-0.15, -0.1) is 0 Å². The van der Waals surface area contributed by atoms with E-state index in [1.54, 1.807) is 6.08 Å². The Balaban J connectivity index is 1.75. The van der Waals surface area contributed by atoms with E-state index in [0.29, 0.717) is 4.91 Å². The summed E-state index contributed by atoms with van der Waals surface area (Å²) in [7, 11) is 1.23. The molecule has 0 spiro atoms. The van der Waals surface area contributed by atoms with Gasteiger partial charge in [0.2, 0.25) is 0 Å². The molecule has 0 radical (unpaired) electrons. The average Bonchev–Trinajstić information content (AvgIpc) is 3.20. The van der Waals surface area contributed by atoms with E-state index in [2.05, 4.69) is 33.6 Å². The predicted octanol–water partition coefficient (Wildman–Crippen LogP) is 4.85. The second-order valence-corrected chi connectivity index (χ2v) is 8.40. The lowest BCUT2D eigenvalue weighted by Gasteiger charge is -2.18. The SMILES string of the molecule is COC(=O)[C@H](C)N1C(=O)S/C(=C/c2cc(C)n(-c3cccc4ccccc34)c2C)C1=O. The van der Waals surface area contributed by atoms with Gasteiger partial charge in [-0.2, -0.15) is 0 Å². The maximum absolute atomic E-state index is 12.8. The third-order valence-electron chi connectivity index (χ3n) is 5.52. The summed E-state index contributed by atoms with van der Waals surface area (Å²) in [5.74, 6) is -1.11. The zero-order valence-electron chi connectivity index (χ0n) is 17.7. The fourth-order valence-corrected chi connectivity index (χ4v) is 4.84. The minimum atomic E-state index is -0.966. The molecule has 2 heterocycles. The van der Waals surface area contributed by atoms with Crippen molar-refractivity contribution in [2.45, 2.75) is 26.8 Å². The van der Waals surface area contributed by atoms with Crippen LogP contribution >= 0.6 is 11.8 Å². The smallest absolute Gasteiger partial charge is 0.328 e. The summed E-state index contributed by atoms with van der Waals surface area (Å²) in [5.41, 5.74) is 3.88. The van der Waals surface area contributed by atoms with Crippen molar-refractivity contribution < 1.29 is 19.1 Å². The highest BCUT2D eigenvalue weighted by molar-refractivity contribution is 8.18. The van der Waals surface area contributed by atoms with Crippen LogP contribution in [0.2, 0.25) is 0 Å². The van der Waals surface area contributed by atoms with Crippen molar-refractivity contribution in [1.29, 1.82) is 0 Å². The minimum absolute atomic E-state index is 0.291. The number of thioether (sulfide) groups is 1. The molecule has 0 aliphatic carbocycles.